The van der Waals surface area contributed by atoms with Gasteiger partial charge in [0.15, 0.2) is 6.10 Å². The lowest BCUT2D eigenvalue weighted by molar-refractivity contribution is -0.153. The second-order valence-corrected chi connectivity index (χ2v) is 4.21. The number of carbonyl (C=O) groups is 1. The Morgan fingerprint density at radius 2 is 1.72 bits per heavy atom. The predicted octanol–water partition coefficient (Wildman–Crippen LogP) is 2.66. The Morgan fingerprint density at radius 1 is 1.17 bits per heavy atom. The van der Waals surface area contributed by atoms with E-state index in [4.69, 9.17) is 14.2 Å². The van der Waals surface area contributed by atoms with Crippen molar-refractivity contribution in [2.75, 3.05) is 13.7 Å². The molecule has 0 fully saturated rings. The van der Waals surface area contributed by atoms with Gasteiger partial charge in [-0.3, -0.25) is 0 Å². The summed E-state index contributed by atoms with van der Waals surface area (Å²) < 4.78 is 15.7. The molecule has 0 saturated heterocycles. The SMILES string of the molecule is CCOC(=O)C(Oc1ccc(OC)cc1)C(C)C. The normalized spacial score (nSPS) is 12.1. The van der Waals surface area contributed by atoms with Crippen LogP contribution in [0.4, 0.5) is 0 Å². The molecule has 0 bridgehead atoms. The van der Waals surface area contributed by atoms with Crippen molar-refractivity contribution in [3.05, 3.63) is 24.3 Å². The van der Waals surface area contributed by atoms with Crippen LogP contribution in [-0.4, -0.2) is 25.8 Å². The van der Waals surface area contributed by atoms with E-state index in [-0.39, 0.29) is 11.9 Å². The van der Waals surface area contributed by atoms with Crippen LogP contribution in [0.25, 0.3) is 0 Å². The summed E-state index contributed by atoms with van der Waals surface area (Å²) in [6.45, 7) is 5.98. The second-order valence-electron chi connectivity index (χ2n) is 4.21. The smallest absolute Gasteiger partial charge is 0.347 e. The topological polar surface area (TPSA) is 44.8 Å². The van der Waals surface area contributed by atoms with Crippen molar-refractivity contribution in [1.82, 2.24) is 0 Å². The van der Waals surface area contributed by atoms with Gasteiger partial charge < -0.3 is 14.2 Å². The number of rotatable bonds is 6. The van der Waals surface area contributed by atoms with E-state index < -0.39 is 6.10 Å². The monoisotopic (exact) mass is 252 g/mol. The lowest BCUT2D eigenvalue weighted by atomic mass is 10.1. The minimum absolute atomic E-state index is 0.0474. The van der Waals surface area contributed by atoms with E-state index in [1.807, 2.05) is 13.8 Å². The quantitative estimate of drug-likeness (QED) is 0.730. The van der Waals surface area contributed by atoms with Gasteiger partial charge >= 0.3 is 5.97 Å². The number of hydrogen-bond acceptors (Lipinski definition) is 4. The number of esters is 1. The molecule has 0 aliphatic rings. The van der Waals surface area contributed by atoms with Gasteiger partial charge in [0.1, 0.15) is 11.5 Å². The molecule has 1 atom stereocenters. The Balaban J connectivity index is 2.73. The first-order valence-corrected chi connectivity index (χ1v) is 6.05. The fourth-order valence-electron chi connectivity index (χ4n) is 1.48. The molecule has 100 valence electrons. The van der Waals surface area contributed by atoms with Gasteiger partial charge in [-0.1, -0.05) is 13.8 Å². The van der Waals surface area contributed by atoms with E-state index >= 15 is 0 Å². The average molecular weight is 252 g/mol. The molecule has 0 aliphatic carbocycles. The van der Waals surface area contributed by atoms with Gasteiger partial charge in [-0.2, -0.15) is 0 Å². The minimum atomic E-state index is -0.585. The Bertz CT molecular complexity index is 370. The fraction of sp³-hybridized carbons (Fsp3) is 0.500. The standard InChI is InChI=1S/C14H20O4/c1-5-17-14(15)13(10(2)3)18-12-8-6-11(16-4)7-9-12/h6-10,13H,5H2,1-4H3. The first kappa shape index (κ1) is 14.4. The molecule has 0 aromatic heterocycles. The zero-order valence-corrected chi connectivity index (χ0v) is 11.3. The van der Waals surface area contributed by atoms with Crippen LogP contribution in [0.1, 0.15) is 20.8 Å². The highest BCUT2D eigenvalue weighted by Gasteiger charge is 2.25. The molecule has 4 nitrogen and oxygen atoms in total. The van der Waals surface area contributed by atoms with Crippen molar-refractivity contribution in [1.29, 1.82) is 0 Å². The molecule has 0 aliphatic heterocycles. The van der Waals surface area contributed by atoms with Crippen molar-refractivity contribution in [2.45, 2.75) is 26.9 Å². The van der Waals surface area contributed by atoms with Gasteiger partial charge in [-0.15, -0.1) is 0 Å². The van der Waals surface area contributed by atoms with Crippen molar-refractivity contribution in [3.63, 3.8) is 0 Å². The van der Waals surface area contributed by atoms with Crippen LogP contribution < -0.4 is 9.47 Å². The molecule has 18 heavy (non-hydrogen) atoms. The highest BCUT2D eigenvalue weighted by atomic mass is 16.6. The highest BCUT2D eigenvalue weighted by Crippen LogP contribution is 2.20. The molecule has 0 spiro atoms. The van der Waals surface area contributed by atoms with Gasteiger partial charge in [-0.05, 0) is 31.2 Å². The van der Waals surface area contributed by atoms with Crippen LogP contribution in [-0.2, 0) is 9.53 Å². The maximum atomic E-state index is 11.7. The molecule has 0 amide bonds. The lowest BCUT2D eigenvalue weighted by Gasteiger charge is -2.20. The molecular weight excluding hydrogens is 232 g/mol. The molecule has 0 radical (unpaired) electrons. The summed E-state index contributed by atoms with van der Waals surface area (Å²) >= 11 is 0. The van der Waals surface area contributed by atoms with Gasteiger partial charge in [0.05, 0.1) is 13.7 Å². The van der Waals surface area contributed by atoms with E-state index in [9.17, 15) is 4.79 Å². The summed E-state index contributed by atoms with van der Waals surface area (Å²) in [5, 5.41) is 0. The lowest BCUT2D eigenvalue weighted by Crippen LogP contribution is -2.34. The average Bonchev–Trinajstić information content (AvgIpc) is 2.36. The summed E-state index contributed by atoms with van der Waals surface area (Å²) in [6.07, 6.45) is -0.585. The van der Waals surface area contributed by atoms with Crippen LogP contribution in [0.5, 0.6) is 11.5 Å². The second kappa shape index (κ2) is 6.89. The Labute approximate surface area is 108 Å². The van der Waals surface area contributed by atoms with Crippen molar-refractivity contribution in [3.8, 4) is 11.5 Å². The third kappa shape index (κ3) is 3.95. The molecule has 4 heteroatoms. The first-order chi connectivity index (χ1) is 8.58. The molecule has 1 rings (SSSR count). The third-order valence-corrected chi connectivity index (χ3v) is 2.45. The van der Waals surface area contributed by atoms with Crippen LogP contribution in [0, 0.1) is 5.92 Å². The number of ether oxygens (including phenoxy) is 3. The summed E-state index contributed by atoms with van der Waals surface area (Å²) in [4.78, 5) is 11.7. The number of hydrogen-bond donors (Lipinski definition) is 0. The number of methoxy groups -OCH3 is 1. The third-order valence-electron chi connectivity index (χ3n) is 2.45. The van der Waals surface area contributed by atoms with Crippen LogP contribution in [0.3, 0.4) is 0 Å². The maximum absolute atomic E-state index is 11.7. The molecule has 0 N–H and O–H groups in total. The molecule has 0 heterocycles. The molecular formula is C14H20O4. The van der Waals surface area contributed by atoms with Crippen molar-refractivity contribution >= 4 is 5.97 Å². The van der Waals surface area contributed by atoms with E-state index in [1.54, 1.807) is 38.3 Å². The van der Waals surface area contributed by atoms with E-state index in [1.165, 1.54) is 0 Å². The summed E-state index contributed by atoms with van der Waals surface area (Å²) in [5.74, 6) is 1.09. The van der Waals surface area contributed by atoms with Gasteiger partial charge in [0, 0.05) is 5.92 Å². The number of benzene rings is 1. The van der Waals surface area contributed by atoms with E-state index in [0.29, 0.717) is 12.4 Å². The molecule has 1 aromatic carbocycles. The van der Waals surface area contributed by atoms with Crippen LogP contribution in [0.15, 0.2) is 24.3 Å². The largest absolute Gasteiger partial charge is 0.497 e. The molecule has 1 unspecified atom stereocenters. The van der Waals surface area contributed by atoms with Crippen molar-refractivity contribution < 1.29 is 19.0 Å². The zero-order chi connectivity index (χ0) is 13.5. The first-order valence-electron chi connectivity index (χ1n) is 6.05. The summed E-state index contributed by atoms with van der Waals surface area (Å²) in [5.41, 5.74) is 0. The maximum Gasteiger partial charge on any atom is 0.347 e. The Morgan fingerprint density at radius 3 is 2.17 bits per heavy atom. The van der Waals surface area contributed by atoms with Gasteiger partial charge in [0.2, 0.25) is 0 Å². The van der Waals surface area contributed by atoms with E-state index in [0.717, 1.165) is 5.75 Å². The van der Waals surface area contributed by atoms with E-state index in [2.05, 4.69) is 0 Å². The summed E-state index contributed by atoms with van der Waals surface area (Å²) in [7, 11) is 1.60. The predicted molar refractivity (Wildman–Crippen MR) is 68.9 cm³/mol. The molecule has 1 aromatic rings. The Kier molecular flexibility index (Phi) is 5.49. The van der Waals surface area contributed by atoms with Gasteiger partial charge in [0.25, 0.3) is 0 Å². The Hall–Kier alpha value is -1.71. The minimum Gasteiger partial charge on any atom is -0.497 e. The van der Waals surface area contributed by atoms with Gasteiger partial charge in [-0.25, -0.2) is 4.79 Å². The zero-order valence-electron chi connectivity index (χ0n) is 11.3. The van der Waals surface area contributed by atoms with Crippen LogP contribution >= 0.6 is 0 Å². The number of carbonyl (C=O) groups excluding carboxylic acids is 1. The van der Waals surface area contributed by atoms with Crippen LogP contribution in [0.2, 0.25) is 0 Å². The highest BCUT2D eigenvalue weighted by molar-refractivity contribution is 5.75. The molecule has 0 saturated carbocycles. The summed E-state index contributed by atoms with van der Waals surface area (Å²) in [6, 6.07) is 7.12. The van der Waals surface area contributed by atoms with Crippen molar-refractivity contribution in [2.24, 2.45) is 5.92 Å². The fourth-order valence-corrected chi connectivity index (χ4v) is 1.48.